The Hall–Kier alpha value is -1.26. The number of nitrogens with two attached hydrogens (primary N) is 1. The highest BCUT2D eigenvalue weighted by atomic mass is 35.5. The standard InChI is InChI=1S/C13H18ClNO3/c1-9(8-17-2)7-12(18-13(15)16)10-5-3-4-6-11(10)14/h3-6,9,12H,7-8H2,1-2H3,(H2,15,16)/t9-,12?/m0/s1. The van der Waals surface area contributed by atoms with Crippen LogP contribution in [0.5, 0.6) is 0 Å². The van der Waals surface area contributed by atoms with Crippen molar-refractivity contribution in [1.82, 2.24) is 0 Å². The van der Waals surface area contributed by atoms with Crippen molar-refractivity contribution in [2.45, 2.75) is 19.4 Å². The van der Waals surface area contributed by atoms with E-state index in [1.54, 1.807) is 13.2 Å². The van der Waals surface area contributed by atoms with Gasteiger partial charge >= 0.3 is 6.09 Å². The monoisotopic (exact) mass is 271 g/mol. The Bertz CT molecular complexity index is 398. The van der Waals surface area contributed by atoms with Crippen LogP contribution in [-0.2, 0) is 9.47 Å². The molecule has 18 heavy (non-hydrogen) atoms. The minimum atomic E-state index is -0.801. The van der Waals surface area contributed by atoms with Crippen LogP contribution in [0.25, 0.3) is 0 Å². The second-order valence-corrected chi connectivity index (χ2v) is 4.65. The number of carbonyl (C=O) groups is 1. The predicted molar refractivity (Wildman–Crippen MR) is 70.5 cm³/mol. The Morgan fingerprint density at radius 2 is 2.11 bits per heavy atom. The van der Waals surface area contributed by atoms with E-state index in [1.807, 2.05) is 25.1 Å². The van der Waals surface area contributed by atoms with Gasteiger partial charge in [0.25, 0.3) is 0 Å². The molecule has 0 heterocycles. The molecule has 1 aromatic rings. The number of hydrogen-bond donors (Lipinski definition) is 1. The first kappa shape index (κ1) is 14.8. The highest BCUT2D eigenvalue weighted by Crippen LogP contribution is 2.30. The molecule has 0 spiro atoms. The van der Waals surface area contributed by atoms with Crippen LogP contribution < -0.4 is 5.73 Å². The van der Waals surface area contributed by atoms with Crippen LogP contribution >= 0.6 is 11.6 Å². The number of primary amides is 1. The molecule has 0 aromatic heterocycles. The minimum Gasteiger partial charge on any atom is -0.441 e. The van der Waals surface area contributed by atoms with Gasteiger partial charge < -0.3 is 15.2 Å². The summed E-state index contributed by atoms with van der Waals surface area (Å²) in [6.45, 7) is 2.60. The number of carbonyl (C=O) groups excluding carboxylic acids is 1. The maximum Gasteiger partial charge on any atom is 0.405 e. The molecule has 0 fully saturated rings. The molecule has 2 atom stereocenters. The summed E-state index contributed by atoms with van der Waals surface area (Å²) in [4.78, 5) is 11.0. The zero-order valence-electron chi connectivity index (χ0n) is 10.6. The molecule has 0 bridgehead atoms. The second-order valence-electron chi connectivity index (χ2n) is 4.24. The molecule has 0 saturated heterocycles. The quantitative estimate of drug-likeness (QED) is 0.864. The van der Waals surface area contributed by atoms with E-state index in [0.29, 0.717) is 18.1 Å². The number of methoxy groups -OCH3 is 1. The van der Waals surface area contributed by atoms with Crippen LogP contribution in [0.3, 0.4) is 0 Å². The number of benzene rings is 1. The Kier molecular flexibility index (Phi) is 5.95. The van der Waals surface area contributed by atoms with Crippen LogP contribution in [-0.4, -0.2) is 19.8 Å². The fraction of sp³-hybridized carbons (Fsp3) is 0.462. The van der Waals surface area contributed by atoms with E-state index in [-0.39, 0.29) is 5.92 Å². The first-order chi connectivity index (χ1) is 8.54. The molecule has 100 valence electrons. The fourth-order valence-corrected chi connectivity index (χ4v) is 2.09. The van der Waals surface area contributed by atoms with Gasteiger partial charge in [-0.3, -0.25) is 0 Å². The summed E-state index contributed by atoms with van der Waals surface area (Å²) in [5.41, 5.74) is 5.86. The molecule has 0 saturated carbocycles. The third kappa shape index (κ3) is 4.55. The molecule has 1 rings (SSSR count). The SMILES string of the molecule is COC[C@@H](C)CC(OC(N)=O)c1ccccc1Cl. The van der Waals surface area contributed by atoms with Gasteiger partial charge in [0.2, 0.25) is 0 Å². The van der Waals surface area contributed by atoms with Crippen LogP contribution in [0.2, 0.25) is 5.02 Å². The van der Waals surface area contributed by atoms with Crippen molar-refractivity contribution in [1.29, 1.82) is 0 Å². The molecule has 1 amide bonds. The molecule has 0 radical (unpaired) electrons. The topological polar surface area (TPSA) is 61.6 Å². The van der Waals surface area contributed by atoms with E-state index in [1.165, 1.54) is 0 Å². The van der Waals surface area contributed by atoms with Gasteiger partial charge in [-0.15, -0.1) is 0 Å². The normalized spacial score (nSPS) is 13.9. The lowest BCUT2D eigenvalue weighted by Gasteiger charge is -2.21. The molecule has 4 nitrogen and oxygen atoms in total. The van der Waals surface area contributed by atoms with Gasteiger partial charge in [-0.25, -0.2) is 4.79 Å². The third-order valence-electron chi connectivity index (χ3n) is 2.58. The summed E-state index contributed by atoms with van der Waals surface area (Å²) in [5, 5.41) is 0.563. The van der Waals surface area contributed by atoms with Crippen molar-refractivity contribution >= 4 is 17.7 Å². The zero-order chi connectivity index (χ0) is 13.5. The van der Waals surface area contributed by atoms with Crippen LogP contribution in [0.1, 0.15) is 25.0 Å². The summed E-state index contributed by atoms with van der Waals surface area (Å²) in [5.74, 6) is 0.232. The van der Waals surface area contributed by atoms with Gasteiger partial charge in [0.05, 0.1) is 0 Å². The molecule has 0 aliphatic rings. The Morgan fingerprint density at radius 1 is 1.44 bits per heavy atom. The van der Waals surface area contributed by atoms with Crippen molar-refractivity contribution in [3.63, 3.8) is 0 Å². The van der Waals surface area contributed by atoms with Crippen molar-refractivity contribution in [3.8, 4) is 0 Å². The Balaban J connectivity index is 2.84. The van der Waals surface area contributed by atoms with Crippen molar-refractivity contribution in [2.24, 2.45) is 11.7 Å². The second kappa shape index (κ2) is 7.24. The fourth-order valence-electron chi connectivity index (χ4n) is 1.83. The lowest BCUT2D eigenvalue weighted by atomic mass is 9.98. The number of halogens is 1. The average molecular weight is 272 g/mol. The maximum atomic E-state index is 11.0. The lowest BCUT2D eigenvalue weighted by Crippen LogP contribution is -2.20. The Labute approximate surface area is 112 Å². The summed E-state index contributed by atoms with van der Waals surface area (Å²) in [6.07, 6.45) is -0.633. The molecule has 0 aliphatic carbocycles. The summed E-state index contributed by atoms with van der Waals surface area (Å²) >= 11 is 6.10. The van der Waals surface area contributed by atoms with E-state index in [4.69, 9.17) is 26.8 Å². The summed E-state index contributed by atoms with van der Waals surface area (Å²) in [6, 6.07) is 7.26. The lowest BCUT2D eigenvalue weighted by molar-refractivity contribution is 0.0740. The van der Waals surface area contributed by atoms with Gasteiger partial charge in [0, 0.05) is 24.3 Å². The Morgan fingerprint density at radius 3 is 2.67 bits per heavy atom. The zero-order valence-corrected chi connectivity index (χ0v) is 11.3. The highest BCUT2D eigenvalue weighted by molar-refractivity contribution is 6.31. The molecule has 2 N–H and O–H groups in total. The number of hydrogen-bond acceptors (Lipinski definition) is 3. The smallest absolute Gasteiger partial charge is 0.405 e. The third-order valence-corrected chi connectivity index (χ3v) is 2.92. The van der Waals surface area contributed by atoms with E-state index >= 15 is 0 Å². The predicted octanol–water partition coefficient (Wildman–Crippen LogP) is 3.15. The van der Waals surface area contributed by atoms with Crippen LogP contribution in [0, 0.1) is 5.92 Å². The van der Waals surface area contributed by atoms with Crippen molar-refractivity contribution < 1.29 is 14.3 Å². The van der Waals surface area contributed by atoms with Gasteiger partial charge in [-0.2, -0.15) is 0 Å². The van der Waals surface area contributed by atoms with Crippen LogP contribution in [0.4, 0.5) is 4.79 Å². The van der Waals surface area contributed by atoms with Gasteiger partial charge in [0.1, 0.15) is 6.10 Å². The van der Waals surface area contributed by atoms with Crippen molar-refractivity contribution in [2.75, 3.05) is 13.7 Å². The molecule has 1 unspecified atom stereocenters. The largest absolute Gasteiger partial charge is 0.441 e. The first-order valence-corrected chi connectivity index (χ1v) is 6.11. The van der Waals surface area contributed by atoms with E-state index in [2.05, 4.69) is 0 Å². The minimum absolute atomic E-state index is 0.232. The molecular formula is C13H18ClNO3. The van der Waals surface area contributed by atoms with Gasteiger partial charge in [-0.05, 0) is 18.4 Å². The van der Waals surface area contributed by atoms with Crippen molar-refractivity contribution in [3.05, 3.63) is 34.9 Å². The number of rotatable bonds is 6. The first-order valence-electron chi connectivity index (χ1n) is 5.74. The summed E-state index contributed by atoms with van der Waals surface area (Å²) in [7, 11) is 1.63. The molecular weight excluding hydrogens is 254 g/mol. The van der Waals surface area contributed by atoms with Gasteiger partial charge in [0.15, 0.2) is 0 Å². The highest BCUT2D eigenvalue weighted by Gasteiger charge is 2.20. The molecule has 1 aromatic carbocycles. The summed E-state index contributed by atoms with van der Waals surface area (Å²) < 4.78 is 10.2. The maximum absolute atomic E-state index is 11.0. The van der Waals surface area contributed by atoms with Gasteiger partial charge in [-0.1, -0.05) is 36.7 Å². The number of ether oxygens (including phenoxy) is 2. The molecule has 5 heteroatoms. The van der Waals surface area contributed by atoms with E-state index < -0.39 is 12.2 Å². The molecule has 0 aliphatic heterocycles. The van der Waals surface area contributed by atoms with E-state index in [9.17, 15) is 4.79 Å². The average Bonchev–Trinajstić information content (AvgIpc) is 2.28. The van der Waals surface area contributed by atoms with Crippen LogP contribution in [0.15, 0.2) is 24.3 Å². The number of amides is 1. The van der Waals surface area contributed by atoms with E-state index in [0.717, 1.165) is 5.56 Å².